The highest BCUT2D eigenvalue weighted by Crippen LogP contribution is 2.22. The van der Waals surface area contributed by atoms with Crippen LogP contribution in [0.1, 0.15) is 41.4 Å². The Bertz CT molecular complexity index is 1090. The van der Waals surface area contributed by atoms with Crippen molar-refractivity contribution in [2.75, 3.05) is 11.4 Å². The van der Waals surface area contributed by atoms with E-state index in [2.05, 4.69) is 24.4 Å². The van der Waals surface area contributed by atoms with Gasteiger partial charge < -0.3 is 5.32 Å². The quantitative estimate of drug-likeness (QED) is 0.607. The molecule has 0 heterocycles. The molecule has 3 aromatic rings. The molecule has 5 nitrogen and oxygen atoms in total. The Hall–Kier alpha value is -3.12. The summed E-state index contributed by atoms with van der Waals surface area (Å²) in [6.45, 7) is 4.04. The first-order valence-corrected chi connectivity index (χ1v) is 11.3. The van der Waals surface area contributed by atoms with Crippen molar-refractivity contribution >= 4 is 21.6 Å². The highest BCUT2D eigenvalue weighted by Gasteiger charge is 2.21. The van der Waals surface area contributed by atoms with Gasteiger partial charge in [0, 0.05) is 12.6 Å². The molecule has 0 aromatic heterocycles. The van der Waals surface area contributed by atoms with Crippen LogP contribution in [0.5, 0.6) is 0 Å². The Kier molecular flexibility index (Phi) is 6.57. The molecule has 0 aliphatic rings. The number of carbonyl (C=O) groups is 1. The summed E-state index contributed by atoms with van der Waals surface area (Å²) < 4.78 is 26.7. The van der Waals surface area contributed by atoms with Gasteiger partial charge in [0.15, 0.2) is 0 Å². The molecule has 0 aliphatic heterocycles. The molecule has 30 heavy (non-hydrogen) atoms. The van der Waals surface area contributed by atoms with E-state index >= 15 is 0 Å². The maximum atomic E-state index is 12.7. The van der Waals surface area contributed by atoms with Gasteiger partial charge in [-0.25, -0.2) is 8.42 Å². The number of sulfonamides is 1. The number of benzene rings is 3. The van der Waals surface area contributed by atoms with Gasteiger partial charge in [-0.2, -0.15) is 0 Å². The van der Waals surface area contributed by atoms with Crippen molar-refractivity contribution < 1.29 is 13.2 Å². The maximum absolute atomic E-state index is 12.7. The van der Waals surface area contributed by atoms with Crippen molar-refractivity contribution in [3.05, 3.63) is 95.6 Å². The van der Waals surface area contributed by atoms with Gasteiger partial charge in [-0.05, 0) is 60.9 Å². The lowest BCUT2D eigenvalue weighted by Crippen LogP contribution is -2.28. The number of hydrogen-bond acceptors (Lipinski definition) is 3. The summed E-state index contributed by atoms with van der Waals surface area (Å²) >= 11 is 0. The van der Waals surface area contributed by atoms with Crippen molar-refractivity contribution in [1.82, 2.24) is 5.32 Å². The number of nitrogens with one attached hydrogen (secondary N) is 1. The van der Waals surface area contributed by atoms with E-state index in [1.165, 1.54) is 16.9 Å². The first kappa shape index (κ1) is 21.6. The van der Waals surface area contributed by atoms with E-state index in [0.29, 0.717) is 11.3 Å². The number of aryl methyl sites for hydroxylation is 1. The Morgan fingerprint density at radius 1 is 0.933 bits per heavy atom. The summed E-state index contributed by atoms with van der Waals surface area (Å²) in [6.07, 6.45) is 0.974. The molecule has 0 bridgehead atoms. The zero-order valence-corrected chi connectivity index (χ0v) is 18.2. The standard InChI is InChI=1S/C24H26N2O3S/c1-4-19-10-12-20(13-11-19)18(2)25-24(27)21-14-16-22(17-15-21)26(3)30(28,29)23-8-6-5-7-9-23/h5-18H,4H2,1-3H3,(H,25,27)/t18-/m0/s1. The molecule has 0 unspecified atom stereocenters. The topological polar surface area (TPSA) is 66.5 Å². The van der Waals surface area contributed by atoms with Crippen molar-refractivity contribution in [2.45, 2.75) is 31.2 Å². The van der Waals surface area contributed by atoms with Gasteiger partial charge in [-0.15, -0.1) is 0 Å². The van der Waals surface area contributed by atoms with Gasteiger partial charge in [0.1, 0.15) is 0 Å². The largest absolute Gasteiger partial charge is 0.346 e. The molecule has 0 saturated heterocycles. The zero-order valence-electron chi connectivity index (χ0n) is 17.4. The van der Waals surface area contributed by atoms with E-state index < -0.39 is 10.0 Å². The average molecular weight is 423 g/mol. The summed E-state index contributed by atoms with van der Waals surface area (Å²) in [5.41, 5.74) is 3.24. The van der Waals surface area contributed by atoms with Crippen LogP contribution in [0.25, 0.3) is 0 Å². The molecule has 1 amide bonds. The summed E-state index contributed by atoms with van der Waals surface area (Å²) in [6, 6.07) is 22.8. The van der Waals surface area contributed by atoms with Crippen LogP contribution >= 0.6 is 0 Å². The molecule has 0 saturated carbocycles. The maximum Gasteiger partial charge on any atom is 0.264 e. The minimum absolute atomic E-state index is 0.135. The van der Waals surface area contributed by atoms with Crippen LogP contribution in [0, 0.1) is 0 Å². The molecule has 3 rings (SSSR count). The number of carbonyl (C=O) groups excluding carboxylic acids is 1. The summed E-state index contributed by atoms with van der Waals surface area (Å²) in [7, 11) is -2.15. The van der Waals surface area contributed by atoms with Crippen molar-refractivity contribution in [2.24, 2.45) is 0 Å². The van der Waals surface area contributed by atoms with Gasteiger partial charge in [0.05, 0.1) is 16.6 Å². The fourth-order valence-electron chi connectivity index (χ4n) is 3.12. The highest BCUT2D eigenvalue weighted by molar-refractivity contribution is 7.92. The van der Waals surface area contributed by atoms with E-state index in [0.717, 1.165) is 12.0 Å². The molecule has 1 atom stereocenters. The molecule has 3 aromatic carbocycles. The first-order valence-electron chi connectivity index (χ1n) is 9.86. The van der Waals surface area contributed by atoms with Gasteiger partial charge in [0.2, 0.25) is 0 Å². The first-order chi connectivity index (χ1) is 14.3. The van der Waals surface area contributed by atoms with Gasteiger partial charge in [-0.3, -0.25) is 9.10 Å². The lowest BCUT2D eigenvalue weighted by Gasteiger charge is -2.20. The van der Waals surface area contributed by atoms with Crippen LogP contribution in [0.15, 0.2) is 83.8 Å². The van der Waals surface area contributed by atoms with Crippen LogP contribution < -0.4 is 9.62 Å². The number of hydrogen-bond donors (Lipinski definition) is 1. The van der Waals surface area contributed by atoms with Crippen LogP contribution in [0.3, 0.4) is 0 Å². The van der Waals surface area contributed by atoms with E-state index in [1.807, 2.05) is 19.1 Å². The predicted molar refractivity (Wildman–Crippen MR) is 120 cm³/mol. The van der Waals surface area contributed by atoms with E-state index in [-0.39, 0.29) is 16.8 Å². The third kappa shape index (κ3) is 4.71. The fraction of sp³-hybridized carbons (Fsp3) is 0.208. The molecular weight excluding hydrogens is 396 g/mol. The van der Waals surface area contributed by atoms with Crippen molar-refractivity contribution in [1.29, 1.82) is 0 Å². The molecule has 156 valence electrons. The number of rotatable bonds is 7. The van der Waals surface area contributed by atoms with E-state index in [1.54, 1.807) is 54.6 Å². The summed E-state index contributed by atoms with van der Waals surface area (Å²) in [4.78, 5) is 12.8. The Morgan fingerprint density at radius 3 is 2.10 bits per heavy atom. The second-order valence-electron chi connectivity index (χ2n) is 7.12. The normalized spacial score (nSPS) is 12.2. The lowest BCUT2D eigenvalue weighted by atomic mass is 10.0. The fourth-order valence-corrected chi connectivity index (χ4v) is 4.33. The molecule has 0 fully saturated rings. The minimum Gasteiger partial charge on any atom is -0.346 e. The smallest absolute Gasteiger partial charge is 0.264 e. The summed E-state index contributed by atoms with van der Waals surface area (Å²) in [5.74, 6) is -0.206. The van der Waals surface area contributed by atoms with Gasteiger partial charge in [0.25, 0.3) is 15.9 Å². The predicted octanol–water partition coefficient (Wildman–Crippen LogP) is 4.57. The minimum atomic E-state index is -3.65. The third-order valence-corrected chi connectivity index (χ3v) is 6.93. The van der Waals surface area contributed by atoms with Crippen LogP contribution in [0.4, 0.5) is 5.69 Å². The Balaban J connectivity index is 1.70. The lowest BCUT2D eigenvalue weighted by molar-refractivity contribution is 0.0940. The SMILES string of the molecule is CCc1ccc([C@H](C)NC(=O)c2ccc(N(C)S(=O)(=O)c3ccccc3)cc2)cc1. The number of anilines is 1. The molecule has 0 aliphatic carbocycles. The second kappa shape index (κ2) is 9.13. The number of nitrogens with zero attached hydrogens (tertiary/aromatic N) is 1. The third-order valence-electron chi connectivity index (χ3n) is 5.13. The van der Waals surface area contributed by atoms with Crippen molar-refractivity contribution in [3.8, 4) is 0 Å². The zero-order chi connectivity index (χ0) is 21.7. The second-order valence-corrected chi connectivity index (χ2v) is 9.09. The molecule has 6 heteroatoms. The molecule has 0 radical (unpaired) electrons. The molecule has 1 N–H and O–H groups in total. The van der Waals surface area contributed by atoms with Crippen LogP contribution in [0.2, 0.25) is 0 Å². The average Bonchev–Trinajstić information content (AvgIpc) is 2.79. The van der Waals surface area contributed by atoms with E-state index in [4.69, 9.17) is 0 Å². The number of amides is 1. The van der Waals surface area contributed by atoms with Gasteiger partial charge >= 0.3 is 0 Å². The van der Waals surface area contributed by atoms with Crippen LogP contribution in [-0.2, 0) is 16.4 Å². The van der Waals surface area contributed by atoms with Crippen LogP contribution in [-0.4, -0.2) is 21.4 Å². The molecule has 0 spiro atoms. The van der Waals surface area contributed by atoms with Crippen molar-refractivity contribution in [3.63, 3.8) is 0 Å². The Labute approximate surface area is 178 Å². The summed E-state index contributed by atoms with van der Waals surface area (Å²) in [5, 5.41) is 2.98. The Morgan fingerprint density at radius 2 is 1.53 bits per heavy atom. The molecular formula is C24H26N2O3S. The monoisotopic (exact) mass is 422 g/mol. The van der Waals surface area contributed by atoms with Gasteiger partial charge in [-0.1, -0.05) is 49.4 Å². The van der Waals surface area contributed by atoms with E-state index in [9.17, 15) is 13.2 Å². The highest BCUT2D eigenvalue weighted by atomic mass is 32.2.